The molecular formula is C19H37BrO2. The fraction of sp³-hybridized carbons (Fsp3) is 0.947. The van der Waals surface area contributed by atoms with E-state index >= 15 is 0 Å². The second-order valence-electron chi connectivity index (χ2n) is 6.37. The van der Waals surface area contributed by atoms with Crippen molar-refractivity contribution in [3.63, 3.8) is 0 Å². The summed E-state index contributed by atoms with van der Waals surface area (Å²) in [4.78, 5) is 11.7. The summed E-state index contributed by atoms with van der Waals surface area (Å²) in [6.45, 7) is 5.09. The number of hydrogen-bond donors (Lipinski definition) is 0. The molecule has 0 aromatic rings. The van der Waals surface area contributed by atoms with Crippen LogP contribution in [0.15, 0.2) is 0 Å². The van der Waals surface area contributed by atoms with Crippen molar-refractivity contribution in [2.75, 3.05) is 11.9 Å². The number of esters is 1. The normalized spacial score (nSPS) is 12.3. The number of unbranched alkanes of at least 4 members (excludes halogenated alkanes) is 8. The van der Waals surface area contributed by atoms with Crippen LogP contribution in [0, 0.1) is 5.92 Å². The molecule has 0 bridgehead atoms. The summed E-state index contributed by atoms with van der Waals surface area (Å²) in [5, 5.41) is 1.03. The van der Waals surface area contributed by atoms with Crippen LogP contribution in [0.5, 0.6) is 0 Å². The van der Waals surface area contributed by atoms with Crippen LogP contribution >= 0.6 is 15.9 Å². The highest BCUT2D eigenvalue weighted by atomic mass is 79.9. The molecule has 0 aromatic carbocycles. The van der Waals surface area contributed by atoms with E-state index in [4.69, 9.17) is 4.74 Å². The monoisotopic (exact) mass is 376 g/mol. The van der Waals surface area contributed by atoms with Crippen molar-refractivity contribution < 1.29 is 9.53 Å². The zero-order valence-electron chi connectivity index (χ0n) is 14.9. The van der Waals surface area contributed by atoms with Gasteiger partial charge in [0.05, 0.1) is 6.61 Å². The Morgan fingerprint density at radius 3 is 2.18 bits per heavy atom. The molecule has 0 saturated heterocycles. The van der Waals surface area contributed by atoms with E-state index in [0.29, 0.717) is 18.9 Å². The van der Waals surface area contributed by atoms with Gasteiger partial charge in [-0.2, -0.15) is 0 Å². The first-order chi connectivity index (χ1) is 10.7. The second-order valence-corrected chi connectivity index (χ2v) is 7.16. The minimum Gasteiger partial charge on any atom is -0.465 e. The van der Waals surface area contributed by atoms with E-state index in [0.717, 1.165) is 31.0 Å². The molecule has 0 aliphatic rings. The van der Waals surface area contributed by atoms with Crippen LogP contribution in [-0.2, 0) is 9.53 Å². The molecule has 3 heteroatoms. The average molecular weight is 377 g/mol. The highest BCUT2D eigenvalue weighted by Crippen LogP contribution is 2.16. The average Bonchev–Trinajstić information content (AvgIpc) is 2.53. The molecular weight excluding hydrogens is 340 g/mol. The maximum Gasteiger partial charge on any atom is 0.305 e. The highest BCUT2D eigenvalue weighted by Gasteiger charge is 2.10. The maximum atomic E-state index is 11.7. The van der Waals surface area contributed by atoms with E-state index in [1.54, 1.807) is 0 Å². The first-order valence-corrected chi connectivity index (χ1v) is 10.6. The van der Waals surface area contributed by atoms with Crippen molar-refractivity contribution in [1.82, 2.24) is 0 Å². The zero-order chi connectivity index (χ0) is 16.5. The van der Waals surface area contributed by atoms with Crippen LogP contribution in [-0.4, -0.2) is 17.9 Å². The Labute approximate surface area is 146 Å². The van der Waals surface area contributed by atoms with E-state index in [-0.39, 0.29) is 5.97 Å². The number of alkyl halides is 1. The van der Waals surface area contributed by atoms with Crippen LogP contribution in [0.3, 0.4) is 0 Å². The molecule has 1 unspecified atom stereocenters. The third-order valence-electron chi connectivity index (χ3n) is 4.29. The standard InChI is InChI=1S/C19H37BrO2/c1-3-5-6-7-8-9-11-14-18(4-2)17-22-19(21)15-12-10-13-16-20/h18H,3-17H2,1-2H3. The van der Waals surface area contributed by atoms with Gasteiger partial charge in [0.1, 0.15) is 0 Å². The maximum absolute atomic E-state index is 11.7. The minimum absolute atomic E-state index is 0.00686. The van der Waals surface area contributed by atoms with Gasteiger partial charge in [0.25, 0.3) is 0 Å². The van der Waals surface area contributed by atoms with Gasteiger partial charge in [0.2, 0.25) is 0 Å². The van der Waals surface area contributed by atoms with Crippen LogP contribution in [0.25, 0.3) is 0 Å². The lowest BCUT2D eigenvalue weighted by Gasteiger charge is -2.15. The fourth-order valence-electron chi connectivity index (χ4n) is 2.62. The number of hydrogen-bond acceptors (Lipinski definition) is 2. The quantitative estimate of drug-likeness (QED) is 0.171. The lowest BCUT2D eigenvalue weighted by atomic mass is 9.98. The van der Waals surface area contributed by atoms with Crippen LogP contribution < -0.4 is 0 Å². The molecule has 0 aliphatic carbocycles. The highest BCUT2D eigenvalue weighted by molar-refractivity contribution is 9.09. The number of ether oxygens (including phenoxy) is 1. The van der Waals surface area contributed by atoms with Gasteiger partial charge in [-0.15, -0.1) is 0 Å². The summed E-state index contributed by atoms with van der Waals surface area (Å²) in [7, 11) is 0. The van der Waals surface area contributed by atoms with Gasteiger partial charge in [0.15, 0.2) is 0 Å². The van der Waals surface area contributed by atoms with Crippen molar-refractivity contribution >= 4 is 21.9 Å². The largest absolute Gasteiger partial charge is 0.465 e. The van der Waals surface area contributed by atoms with Crippen molar-refractivity contribution in [1.29, 1.82) is 0 Å². The Bertz CT molecular complexity index is 244. The van der Waals surface area contributed by atoms with E-state index < -0.39 is 0 Å². The predicted molar refractivity (Wildman–Crippen MR) is 99.6 cm³/mol. The van der Waals surface area contributed by atoms with Crippen molar-refractivity contribution in [3.8, 4) is 0 Å². The number of halogens is 1. The van der Waals surface area contributed by atoms with E-state index in [2.05, 4.69) is 29.8 Å². The van der Waals surface area contributed by atoms with E-state index in [9.17, 15) is 4.79 Å². The van der Waals surface area contributed by atoms with Crippen molar-refractivity contribution in [2.45, 2.75) is 97.3 Å². The molecule has 0 amide bonds. The summed E-state index contributed by atoms with van der Waals surface area (Å²) in [6.07, 6.45) is 15.6. The number of carbonyl (C=O) groups is 1. The van der Waals surface area contributed by atoms with Gasteiger partial charge in [-0.3, -0.25) is 4.79 Å². The summed E-state index contributed by atoms with van der Waals surface area (Å²) in [5.74, 6) is 0.551. The second kappa shape index (κ2) is 17.3. The number of carbonyl (C=O) groups excluding carboxylic acids is 1. The van der Waals surface area contributed by atoms with Crippen LogP contribution in [0.2, 0.25) is 0 Å². The molecule has 0 heterocycles. The molecule has 132 valence electrons. The molecule has 0 spiro atoms. The molecule has 0 saturated carbocycles. The Balaban J connectivity index is 3.51. The van der Waals surface area contributed by atoms with Crippen molar-refractivity contribution in [3.05, 3.63) is 0 Å². The lowest BCUT2D eigenvalue weighted by molar-refractivity contribution is -0.145. The predicted octanol–water partition coefficient (Wildman–Crippen LogP) is 6.65. The lowest BCUT2D eigenvalue weighted by Crippen LogP contribution is -2.13. The van der Waals surface area contributed by atoms with Gasteiger partial charge in [0, 0.05) is 11.8 Å². The van der Waals surface area contributed by atoms with Gasteiger partial charge >= 0.3 is 5.97 Å². The van der Waals surface area contributed by atoms with E-state index in [1.807, 2.05) is 0 Å². The third-order valence-corrected chi connectivity index (χ3v) is 4.85. The van der Waals surface area contributed by atoms with Gasteiger partial charge in [-0.05, 0) is 25.2 Å². The summed E-state index contributed by atoms with van der Waals surface area (Å²) in [5.41, 5.74) is 0. The Kier molecular flexibility index (Phi) is 17.3. The smallest absolute Gasteiger partial charge is 0.305 e. The summed E-state index contributed by atoms with van der Waals surface area (Å²) < 4.78 is 5.43. The van der Waals surface area contributed by atoms with Crippen LogP contribution in [0.4, 0.5) is 0 Å². The summed E-state index contributed by atoms with van der Waals surface area (Å²) >= 11 is 3.41. The first kappa shape index (κ1) is 21.9. The molecule has 0 aromatic heterocycles. The molecule has 22 heavy (non-hydrogen) atoms. The molecule has 0 rings (SSSR count). The molecule has 0 N–H and O–H groups in total. The zero-order valence-corrected chi connectivity index (χ0v) is 16.5. The molecule has 2 nitrogen and oxygen atoms in total. The first-order valence-electron chi connectivity index (χ1n) is 9.46. The minimum atomic E-state index is -0.00686. The van der Waals surface area contributed by atoms with Gasteiger partial charge in [-0.25, -0.2) is 0 Å². The molecule has 0 aliphatic heterocycles. The summed E-state index contributed by atoms with van der Waals surface area (Å²) in [6, 6.07) is 0. The Morgan fingerprint density at radius 2 is 1.55 bits per heavy atom. The Morgan fingerprint density at radius 1 is 0.909 bits per heavy atom. The molecule has 0 fully saturated rings. The van der Waals surface area contributed by atoms with Crippen molar-refractivity contribution in [2.24, 2.45) is 5.92 Å². The molecule has 0 radical (unpaired) electrons. The fourth-order valence-corrected chi connectivity index (χ4v) is 3.02. The Hall–Kier alpha value is -0.0500. The third kappa shape index (κ3) is 14.9. The van der Waals surface area contributed by atoms with Gasteiger partial charge < -0.3 is 4.74 Å². The van der Waals surface area contributed by atoms with E-state index in [1.165, 1.54) is 51.4 Å². The van der Waals surface area contributed by atoms with Crippen LogP contribution in [0.1, 0.15) is 97.3 Å². The SMILES string of the molecule is CCCCCCCCCC(CC)COC(=O)CCCCCBr. The van der Waals surface area contributed by atoms with Gasteiger partial charge in [-0.1, -0.05) is 87.6 Å². The number of rotatable bonds is 16. The topological polar surface area (TPSA) is 26.3 Å². The molecule has 1 atom stereocenters.